The van der Waals surface area contributed by atoms with Gasteiger partial charge in [0, 0.05) is 16.9 Å². The molecule has 0 saturated carbocycles. The van der Waals surface area contributed by atoms with E-state index >= 15 is 0 Å². The maximum atomic E-state index is 11.2. The minimum Gasteiger partial charge on any atom is -0.237 e. The molecule has 84 valence electrons. The number of nitrogens with zero attached hydrogens (tertiary/aromatic N) is 3. The van der Waals surface area contributed by atoms with Gasteiger partial charge in [-0.2, -0.15) is 5.10 Å². The van der Waals surface area contributed by atoms with Crippen LogP contribution in [0.2, 0.25) is 0 Å². The van der Waals surface area contributed by atoms with E-state index in [1.807, 2.05) is 0 Å². The normalized spacial score (nSPS) is 11.6. The van der Waals surface area contributed by atoms with E-state index in [4.69, 9.17) is 10.7 Å². The van der Waals surface area contributed by atoms with Crippen LogP contribution in [0.25, 0.3) is 5.82 Å². The molecule has 16 heavy (non-hydrogen) atoms. The van der Waals surface area contributed by atoms with Gasteiger partial charge >= 0.3 is 0 Å². The maximum absolute atomic E-state index is 11.2. The monoisotopic (exact) mass is 257 g/mol. The molecule has 2 aromatic heterocycles. The fourth-order valence-corrected chi connectivity index (χ4v) is 2.36. The van der Waals surface area contributed by atoms with Gasteiger partial charge in [0.25, 0.3) is 9.05 Å². The van der Waals surface area contributed by atoms with Crippen molar-refractivity contribution in [1.29, 1.82) is 0 Å². The molecule has 5 nitrogen and oxygen atoms in total. The summed E-state index contributed by atoms with van der Waals surface area (Å²) in [6.07, 6.45) is 2.95. The standard InChI is InChI=1S/C9H8ClN3O2S/c1-7-8(16(10,14)15)6-13(12-7)9-4-2-3-5-11-9/h2-6H,1H3. The second-order valence-corrected chi connectivity index (χ2v) is 5.68. The number of pyridine rings is 1. The van der Waals surface area contributed by atoms with Gasteiger partial charge in [0.1, 0.15) is 4.90 Å². The summed E-state index contributed by atoms with van der Waals surface area (Å²) in [6, 6.07) is 5.27. The van der Waals surface area contributed by atoms with E-state index in [1.165, 1.54) is 10.9 Å². The van der Waals surface area contributed by atoms with Crippen molar-refractivity contribution in [2.75, 3.05) is 0 Å². The molecule has 2 heterocycles. The van der Waals surface area contributed by atoms with Crippen LogP contribution in [0.4, 0.5) is 0 Å². The van der Waals surface area contributed by atoms with Crippen molar-refractivity contribution >= 4 is 19.7 Å². The molecule has 0 amide bonds. The maximum Gasteiger partial charge on any atom is 0.264 e. The zero-order valence-electron chi connectivity index (χ0n) is 8.33. The summed E-state index contributed by atoms with van der Waals surface area (Å²) >= 11 is 0. The Bertz CT molecular complexity index is 607. The van der Waals surface area contributed by atoms with Gasteiger partial charge in [-0.15, -0.1) is 0 Å². The minimum atomic E-state index is -3.76. The smallest absolute Gasteiger partial charge is 0.237 e. The van der Waals surface area contributed by atoms with Crippen LogP contribution in [0.3, 0.4) is 0 Å². The largest absolute Gasteiger partial charge is 0.264 e. The van der Waals surface area contributed by atoms with Gasteiger partial charge < -0.3 is 0 Å². The second kappa shape index (κ2) is 3.88. The predicted octanol–water partition coefficient (Wildman–Crippen LogP) is 1.50. The summed E-state index contributed by atoms with van der Waals surface area (Å²) in [4.78, 5) is 4.05. The Balaban J connectivity index is 2.55. The van der Waals surface area contributed by atoms with Crippen molar-refractivity contribution in [2.45, 2.75) is 11.8 Å². The Kier molecular flexibility index (Phi) is 2.69. The lowest BCUT2D eigenvalue weighted by Crippen LogP contribution is -1.96. The van der Waals surface area contributed by atoms with Crippen LogP contribution >= 0.6 is 10.7 Å². The third-order valence-corrected chi connectivity index (χ3v) is 3.43. The molecule has 0 aliphatic carbocycles. The Hall–Kier alpha value is -1.40. The Morgan fingerprint density at radius 2 is 2.12 bits per heavy atom. The van der Waals surface area contributed by atoms with Gasteiger partial charge in [-0.3, -0.25) is 0 Å². The molecular weight excluding hydrogens is 250 g/mol. The van der Waals surface area contributed by atoms with Crippen molar-refractivity contribution in [2.24, 2.45) is 0 Å². The number of aromatic nitrogens is 3. The molecule has 0 N–H and O–H groups in total. The highest BCUT2D eigenvalue weighted by atomic mass is 35.7. The van der Waals surface area contributed by atoms with Crippen molar-refractivity contribution in [3.05, 3.63) is 36.3 Å². The fourth-order valence-electron chi connectivity index (χ4n) is 1.29. The third kappa shape index (κ3) is 2.07. The van der Waals surface area contributed by atoms with Crippen LogP contribution in [-0.2, 0) is 9.05 Å². The molecule has 0 aliphatic rings. The first-order valence-corrected chi connectivity index (χ1v) is 6.72. The Morgan fingerprint density at radius 1 is 1.38 bits per heavy atom. The highest BCUT2D eigenvalue weighted by molar-refractivity contribution is 8.13. The first-order chi connectivity index (χ1) is 7.48. The van der Waals surface area contributed by atoms with Gasteiger partial charge in [-0.25, -0.2) is 18.1 Å². The van der Waals surface area contributed by atoms with E-state index in [9.17, 15) is 8.42 Å². The average Bonchev–Trinajstić information content (AvgIpc) is 2.61. The van der Waals surface area contributed by atoms with Crippen LogP contribution in [0, 0.1) is 6.92 Å². The molecule has 2 rings (SSSR count). The molecule has 0 atom stereocenters. The minimum absolute atomic E-state index is 0.000167. The summed E-state index contributed by atoms with van der Waals surface area (Å²) in [5.74, 6) is 0.539. The van der Waals surface area contributed by atoms with E-state index in [1.54, 1.807) is 31.3 Å². The molecule has 0 radical (unpaired) electrons. The summed E-state index contributed by atoms with van der Waals surface area (Å²) in [5, 5.41) is 4.04. The van der Waals surface area contributed by atoms with Gasteiger partial charge in [0.2, 0.25) is 0 Å². The van der Waals surface area contributed by atoms with Crippen LogP contribution in [-0.4, -0.2) is 23.2 Å². The van der Waals surface area contributed by atoms with E-state index in [2.05, 4.69) is 10.1 Å². The topological polar surface area (TPSA) is 64.8 Å². The van der Waals surface area contributed by atoms with Crippen LogP contribution in [0.15, 0.2) is 35.5 Å². The van der Waals surface area contributed by atoms with Crippen LogP contribution in [0.1, 0.15) is 5.69 Å². The number of hydrogen-bond acceptors (Lipinski definition) is 4. The first kappa shape index (κ1) is 11.1. The quantitative estimate of drug-likeness (QED) is 0.765. The molecule has 0 saturated heterocycles. The Labute approximate surface area is 97.1 Å². The number of aryl methyl sites for hydroxylation is 1. The van der Waals surface area contributed by atoms with Gasteiger partial charge in [-0.1, -0.05) is 6.07 Å². The van der Waals surface area contributed by atoms with Crippen molar-refractivity contribution in [3.8, 4) is 5.82 Å². The zero-order chi connectivity index (χ0) is 11.8. The summed E-state index contributed by atoms with van der Waals surface area (Å²) < 4.78 is 23.8. The molecule has 0 aromatic carbocycles. The average molecular weight is 258 g/mol. The second-order valence-electron chi connectivity index (χ2n) is 3.15. The van der Waals surface area contributed by atoms with Gasteiger partial charge in [0.05, 0.1) is 11.9 Å². The lowest BCUT2D eigenvalue weighted by molar-refractivity contribution is 0.609. The summed E-state index contributed by atoms with van der Waals surface area (Å²) in [7, 11) is 1.50. The first-order valence-electron chi connectivity index (χ1n) is 4.41. The lowest BCUT2D eigenvalue weighted by Gasteiger charge is -1.97. The SMILES string of the molecule is Cc1nn(-c2ccccn2)cc1S(=O)(=O)Cl. The van der Waals surface area contributed by atoms with Crippen LogP contribution < -0.4 is 0 Å². The zero-order valence-corrected chi connectivity index (χ0v) is 9.90. The molecule has 0 bridgehead atoms. The molecule has 0 aliphatic heterocycles. The third-order valence-electron chi connectivity index (χ3n) is 2.00. The lowest BCUT2D eigenvalue weighted by atomic mass is 10.5. The highest BCUT2D eigenvalue weighted by Gasteiger charge is 2.18. The van der Waals surface area contributed by atoms with E-state index in [0.717, 1.165) is 0 Å². The van der Waals surface area contributed by atoms with E-state index < -0.39 is 9.05 Å². The Morgan fingerprint density at radius 3 is 2.62 bits per heavy atom. The molecule has 0 spiro atoms. The highest BCUT2D eigenvalue weighted by Crippen LogP contribution is 2.19. The molecule has 0 fully saturated rings. The predicted molar refractivity (Wildman–Crippen MR) is 59.1 cm³/mol. The number of rotatable bonds is 2. The fraction of sp³-hybridized carbons (Fsp3) is 0.111. The summed E-state index contributed by atoms with van der Waals surface area (Å²) in [6.45, 7) is 1.58. The number of hydrogen-bond donors (Lipinski definition) is 0. The van der Waals surface area contributed by atoms with E-state index in [0.29, 0.717) is 11.5 Å². The molecule has 7 heteroatoms. The van der Waals surface area contributed by atoms with Gasteiger partial charge in [0.15, 0.2) is 5.82 Å². The molecule has 0 unspecified atom stereocenters. The van der Waals surface area contributed by atoms with Gasteiger partial charge in [-0.05, 0) is 19.1 Å². The van der Waals surface area contributed by atoms with Crippen molar-refractivity contribution < 1.29 is 8.42 Å². The molecule has 2 aromatic rings. The van der Waals surface area contributed by atoms with Crippen LogP contribution in [0.5, 0.6) is 0 Å². The van der Waals surface area contributed by atoms with Crippen molar-refractivity contribution in [1.82, 2.24) is 14.8 Å². The molecular formula is C9H8ClN3O2S. The van der Waals surface area contributed by atoms with E-state index in [-0.39, 0.29) is 4.90 Å². The number of halogens is 1. The van der Waals surface area contributed by atoms with Crippen molar-refractivity contribution in [3.63, 3.8) is 0 Å². The summed E-state index contributed by atoms with van der Waals surface area (Å²) in [5.41, 5.74) is 0.348.